The van der Waals surface area contributed by atoms with Gasteiger partial charge >= 0.3 is 0 Å². The van der Waals surface area contributed by atoms with Gasteiger partial charge in [-0.25, -0.2) is 4.39 Å². The van der Waals surface area contributed by atoms with Crippen LogP contribution in [0.15, 0.2) is 54.6 Å². The number of halogens is 1. The predicted octanol–water partition coefficient (Wildman–Crippen LogP) is 2.79. The van der Waals surface area contributed by atoms with Crippen molar-refractivity contribution in [2.24, 2.45) is 0 Å². The first-order valence-corrected chi connectivity index (χ1v) is 7.42. The summed E-state index contributed by atoms with van der Waals surface area (Å²) in [6.45, 7) is -0.294. The molecule has 0 aliphatic heterocycles. The molecule has 0 bridgehead atoms. The van der Waals surface area contributed by atoms with E-state index in [-0.39, 0.29) is 30.9 Å². The van der Waals surface area contributed by atoms with Crippen molar-refractivity contribution in [2.75, 3.05) is 20.3 Å². The van der Waals surface area contributed by atoms with E-state index in [1.54, 1.807) is 19.2 Å². The second kappa shape index (κ2) is 8.29. The standard InChI is InChI=1S/C18H20FNO3/c1-20(16(11-12-21)14-7-3-2-4-8-14)18(22)13-23-17-10-6-5-9-15(17)19/h2-10,16,21H,11-13H2,1H3. The molecular weight excluding hydrogens is 297 g/mol. The number of carbonyl (C=O) groups is 1. The average Bonchev–Trinajstić information content (AvgIpc) is 2.59. The molecular formula is C18H20FNO3. The van der Waals surface area contributed by atoms with Crippen molar-refractivity contribution < 1.29 is 19.0 Å². The van der Waals surface area contributed by atoms with Gasteiger partial charge in [0.1, 0.15) is 0 Å². The quantitative estimate of drug-likeness (QED) is 0.854. The van der Waals surface area contributed by atoms with Gasteiger partial charge in [0.15, 0.2) is 18.2 Å². The first-order valence-electron chi connectivity index (χ1n) is 7.42. The van der Waals surface area contributed by atoms with Gasteiger partial charge in [0.25, 0.3) is 5.91 Å². The maximum Gasteiger partial charge on any atom is 0.260 e. The largest absolute Gasteiger partial charge is 0.481 e. The summed E-state index contributed by atoms with van der Waals surface area (Å²) < 4.78 is 18.8. The molecule has 0 radical (unpaired) electrons. The lowest BCUT2D eigenvalue weighted by Crippen LogP contribution is -2.35. The van der Waals surface area contributed by atoms with Gasteiger partial charge in [0.05, 0.1) is 6.04 Å². The Morgan fingerprint density at radius 2 is 1.83 bits per heavy atom. The Bertz CT molecular complexity index is 633. The molecule has 23 heavy (non-hydrogen) atoms. The molecule has 0 heterocycles. The molecule has 1 amide bonds. The lowest BCUT2D eigenvalue weighted by atomic mass is 10.0. The molecule has 0 saturated heterocycles. The zero-order valence-electron chi connectivity index (χ0n) is 13.0. The first kappa shape index (κ1) is 17.0. The van der Waals surface area contributed by atoms with E-state index in [0.717, 1.165) is 5.56 Å². The van der Waals surface area contributed by atoms with E-state index in [0.29, 0.717) is 6.42 Å². The Hall–Kier alpha value is -2.40. The monoisotopic (exact) mass is 317 g/mol. The number of aliphatic hydroxyl groups excluding tert-OH is 1. The van der Waals surface area contributed by atoms with Gasteiger partial charge in [-0.15, -0.1) is 0 Å². The number of ether oxygens (including phenoxy) is 1. The van der Waals surface area contributed by atoms with Crippen LogP contribution in [0.5, 0.6) is 5.75 Å². The summed E-state index contributed by atoms with van der Waals surface area (Å²) in [7, 11) is 1.65. The second-order valence-electron chi connectivity index (χ2n) is 5.16. The summed E-state index contributed by atoms with van der Waals surface area (Å²) >= 11 is 0. The number of amides is 1. The Kier molecular flexibility index (Phi) is 6.11. The van der Waals surface area contributed by atoms with Crippen LogP contribution >= 0.6 is 0 Å². The number of carbonyl (C=O) groups excluding carboxylic acids is 1. The molecule has 1 atom stereocenters. The lowest BCUT2D eigenvalue weighted by molar-refractivity contribution is -0.134. The Morgan fingerprint density at radius 1 is 1.17 bits per heavy atom. The summed E-state index contributed by atoms with van der Waals surface area (Å²) in [6.07, 6.45) is 0.423. The van der Waals surface area contributed by atoms with Gasteiger partial charge in [0.2, 0.25) is 0 Å². The van der Waals surface area contributed by atoms with Crippen molar-refractivity contribution in [3.05, 3.63) is 66.0 Å². The highest BCUT2D eigenvalue weighted by atomic mass is 19.1. The third kappa shape index (κ3) is 4.53. The van der Waals surface area contributed by atoms with Crippen LogP contribution < -0.4 is 4.74 Å². The van der Waals surface area contributed by atoms with Gasteiger partial charge in [-0.1, -0.05) is 42.5 Å². The highest BCUT2D eigenvalue weighted by Crippen LogP contribution is 2.23. The fraction of sp³-hybridized carbons (Fsp3) is 0.278. The number of hydrogen-bond donors (Lipinski definition) is 1. The summed E-state index contributed by atoms with van der Waals surface area (Å²) in [5.41, 5.74) is 0.934. The van der Waals surface area contributed by atoms with Crippen molar-refractivity contribution in [3.63, 3.8) is 0 Å². The molecule has 2 aromatic rings. The van der Waals surface area contributed by atoms with E-state index in [1.165, 1.54) is 17.0 Å². The molecule has 0 aliphatic rings. The van der Waals surface area contributed by atoms with Crippen LogP contribution in [0.25, 0.3) is 0 Å². The molecule has 1 N–H and O–H groups in total. The molecule has 1 unspecified atom stereocenters. The van der Waals surface area contributed by atoms with Crippen molar-refractivity contribution in [2.45, 2.75) is 12.5 Å². The zero-order valence-corrected chi connectivity index (χ0v) is 13.0. The van der Waals surface area contributed by atoms with Crippen LogP contribution in [0.4, 0.5) is 4.39 Å². The van der Waals surface area contributed by atoms with Crippen LogP contribution in [-0.4, -0.2) is 36.2 Å². The van der Waals surface area contributed by atoms with E-state index >= 15 is 0 Å². The minimum Gasteiger partial charge on any atom is -0.481 e. The first-order chi connectivity index (χ1) is 11.1. The number of benzene rings is 2. The molecule has 0 spiro atoms. The Balaban J connectivity index is 2.03. The number of hydrogen-bond acceptors (Lipinski definition) is 3. The third-order valence-electron chi connectivity index (χ3n) is 3.64. The number of rotatable bonds is 7. The highest BCUT2D eigenvalue weighted by molar-refractivity contribution is 5.78. The van der Waals surface area contributed by atoms with Crippen LogP contribution in [0, 0.1) is 5.82 Å². The van der Waals surface area contributed by atoms with Crippen molar-refractivity contribution in [1.29, 1.82) is 0 Å². The maximum absolute atomic E-state index is 13.5. The van der Waals surface area contributed by atoms with Crippen LogP contribution in [0.1, 0.15) is 18.0 Å². The van der Waals surface area contributed by atoms with Crippen molar-refractivity contribution in [3.8, 4) is 5.75 Å². The average molecular weight is 317 g/mol. The molecule has 0 aliphatic carbocycles. The van der Waals surface area contributed by atoms with Crippen molar-refractivity contribution >= 4 is 5.91 Å². The van der Waals surface area contributed by atoms with E-state index in [1.807, 2.05) is 30.3 Å². The number of nitrogens with zero attached hydrogens (tertiary/aromatic N) is 1. The molecule has 0 saturated carbocycles. The Labute approximate surface area is 135 Å². The fourth-order valence-electron chi connectivity index (χ4n) is 2.36. The molecule has 4 nitrogen and oxygen atoms in total. The molecule has 0 fully saturated rings. The molecule has 0 aromatic heterocycles. The van der Waals surface area contributed by atoms with E-state index in [4.69, 9.17) is 4.74 Å². The Morgan fingerprint density at radius 3 is 2.48 bits per heavy atom. The molecule has 122 valence electrons. The summed E-state index contributed by atoms with van der Waals surface area (Å²) in [5, 5.41) is 9.25. The normalized spacial score (nSPS) is 11.8. The van der Waals surface area contributed by atoms with Crippen molar-refractivity contribution in [1.82, 2.24) is 4.90 Å². The minimum atomic E-state index is -0.502. The summed E-state index contributed by atoms with van der Waals surface area (Å²) in [4.78, 5) is 13.8. The maximum atomic E-state index is 13.5. The molecule has 5 heteroatoms. The molecule has 2 aromatic carbocycles. The lowest BCUT2D eigenvalue weighted by Gasteiger charge is -2.28. The predicted molar refractivity (Wildman–Crippen MR) is 85.6 cm³/mol. The van der Waals surface area contributed by atoms with Crippen LogP contribution in [-0.2, 0) is 4.79 Å². The van der Waals surface area contributed by atoms with Gasteiger partial charge in [-0.05, 0) is 24.1 Å². The second-order valence-corrected chi connectivity index (χ2v) is 5.16. The van der Waals surface area contributed by atoms with Gasteiger partial charge in [-0.2, -0.15) is 0 Å². The van der Waals surface area contributed by atoms with Gasteiger partial charge in [0, 0.05) is 13.7 Å². The van der Waals surface area contributed by atoms with Crippen LogP contribution in [0.2, 0.25) is 0 Å². The molecule has 2 rings (SSSR count). The van der Waals surface area contributed by atoms with E-state index < -0.39 is 5.82 Å². The topological polar surface area (TPSA) is 49.8 Å². The third-order valence-corrected chi connectivity index (χ3v) is 3.64. The number of para-hydroxylation sites is 1. The number of aliphatic hydroxyl groups is 1. The minimum absolute atomic E-state index is 0.0364. The van der Waals surface area contributed by atoms with E-state index in [2.05, 4.69) is 0 Å². The highest BCUT2D eigenvalue weighted by Gasteiger charge is 2.21. The van der Waals surface area contributed by atoms with Gasteiger partial charge < -0.3 is 14.7 Å². The SMILES string of the molecule is CN(C(=O)COc1ccccc1F)C(CCO)c1ccccc1. The van der Waals surface area contributed by atoms with Crippen LogP contribution in [0.3, 0.4) is 0 Å². The fourth-order valence-corrected chi connectivity index (χ4v) is 2.36. The summed E-state index contributed by atoms with van der Waals surface area (Å²) in [5.74, 6) is -0.735. The summed E-state index contributed by atoms with van der Waals surface area (Å²) in [6, 6.07) is 15.2. The number of likely N-dealkylation sites (N-methyl/N-ethyl adjacent to an activating group) is 1. The smallest absolute Gasteiger partial charge is 0.260 e. The van der Waals surface area contributed by atoms with E-state index in [9.17, 15) is 14.3 Å². The van der Waals surface area contributed by atoms with Gasteiger partial charge in [-0.3, -0.25) is 4.79 Å². The zero-order chi connectivity index (χ0) is 16.7.